The standard InChI is InChI=1S/C9H9N.C8H18N4O.C7H13N.C7H10.C2H4/c1-7-6-10-9-5-3-2-4-8(7)9;1-6(12(4)5-9)7(10-2)8(13)11-3;1-3-5-6-7(8)4-2;1-3-5-7-6-4-2;1-2/h2-6,10H,1H3;10H,5,9H2,1-4H3,(H,11,13);3,5-6H,4,8H2,1-2H3;3-7H,1H2,2H3;1-2H2/b;7-6-;5-3-,7-6-;6-4-,7-5-;. The highest BCUT2D eigenvalue weighted by Crippen LogP contribution is 2.15. The van der Waals surface area contributed by atoms with Gasteiger partial charge < -0.3 is 32.0 Å². The monoisotopic (exact) mass is 550 g/mol. The minimum absolute atomic E-state index is 0.139. The highest BCUT2D eigenvalue weighted by Gasteiger charge is 2.11. The molecule has 0 aliphatic rings. The number of rotatable bonds is 8. The zero-order valence-corrected chi connectivity index (χ0v) is 26.1. The minimum atomic E-state index is -0.139. The molecule has 0 fully saturated rings. The van der Waals surface area contributed by atoms with E-state index in [-0.39, 0.29) is 5.91 Å². The van der Waals surface area contributed by atoms with E-state index in [1.165, 1.54) is 16.5 Å². The van der Waals surface area contributed by atoms with E-state index >= 15 is 0 Å². The third kappa shape index (κ3) is 18.9. The molecule has 2 aromatic rings. The fraction of sp³-hybridized carbons (Fsp3) is 0.303. The van der Waals surface area contributed by atoms with Gasteiger partial charge in [-0.15, -0.1) is 13.2 Å². The number of fused-ring (bicyclic) bond motifs is 1. The molecule has 0 saturated carbocycles. The third-order valence-corrected chi connectivity index (χ3v) is 5.17. The summed E-state index contributed by atoms with van der Waals surface area (Å²) in [6.45, 7) is 19.8. The second kappa shape index (κ2) is 27.8. The number of nitrogens with zero attached hydrogens (tertiary/aromatic N) is 1. The first-order valence-corrected chi connectivity index (χ1v) is 13.2. The molecule has 7 N–H and O–H groups in total. The number of allylic oxidation sites excluding steroid dienone is 10. The van der Waals surface area contributed by atoms with E-state index in [1.807, 2.05) is 89.5 Å². The molecule has 1 aromatic carbocycles. The number of likely N-dealkylation sites (N-methyl/N-ethyl adjacent to an activating group) is 2. The van der Waals surface area contributed by atoms with Gasteiger partial charge in [0.05, 0.1) is 6.67 Å². The molecule has 0 aliphatic heterocycles. The van der Waals surface area contributed by atoms with Crippen LogP contribution in [-0.2, 0) is 4.79 Å². The number of nitrogens with one attached hydrogen (secondary N) is 3. The van der Waals surface area contributed by atoms with Crippen LogP contribution in [0.3, 0.4) is 0 Å². The Labute approximate surface area is 243 Å². The van der Waals surface area contributed by atoms with Crippen molar-refractivity contribution in [2.45, 2.75) is 41.0 Å². The van der Waals surface area contributed by atoms with E-state index in [9.17, 15) is 4.79 Å². The van der Waals surface area contributed by atoms with Crippen LogP contribution in [0.5, 0.6) is 0 Å². The smallest absolute Gasteiger partial charge is 0.268 e. The molecular formula is C33H54N6O. The lowest BCUT2D eigenvalue weighted by molar-refractivity contribution is -0.117. The Bertz CT molecular complexity index is 1090. The maximum absolute atomic E-state index is 11.3. The molecule has 222 valence electrons. The minimum Gasteiger partial charge on any atom is -0.402 e. The maximum atomic E-state index is 11.3. The van der Waals surface area contributed by atoms with Gasteiger partial charge in [0, 0.05) is 49.6 Å². The van der Waals surface area contributed by atoms with Crippen molar-refractivity contribution >= 4 is 16.8 Å². The second-order valence-corrected chi connectivity index (χ2v) is 7.95. The Balaban J connectivity index is -0.000000458. The summed E-state index contributed by atoms with van der Waals surface area (Å²) in [7, 11) is 5.13. The summed E-state index contributed by atoms with van der Waals surface area (Å²) in [5, 5.41) is 6.71. The number of nitrogens with two attached hydrogens (primary N) is 2. The van der Waals surface area contributed by atoms with Gasteiger partial charge in [-0.05, 0) is 51.8 Å². The topological polar surface area (TPSA) is 112 Å². The number of H-pyrrole nitrogens is 1. The van der Waals surface area contributed by atoms with Gasteiger partial charge in [0.25, 0.3) is 5.91 Å². The largest absolute Gasteiger partial charge is 0.402 e. The van der Waals surface area contributed by atoms with Crippen molar-refractivity contribution in [2.75, 3.05) is 27.8 Å². The predicted molar refractivity (Wildman–Crippen MR) is 178 cm³/mol. The number of carbonyl (C=O) groups is 1. The number of aryl methyl sites for hydroxylation is 1. The first-order chi connectivity index (χ1) is 19.2. The SMILES string of the molecule is C/C=C\C=C(/N)CC.C=C.C=C/C=C\C=C/C.CNC(=O)/C(NC)=C(\C)N(C)CN.Cc1c[nH]c2ccccc12. The Hall–Kier alpha value is -4.23. The molecule has 1 heterocycles. The molecule has 40 heavy (non-hydrogen) atoms. The highest BCUT2D eigenvalue weighted by molar-refractivity contribution is 5.93. The molecule has 0 radical (unpaired) electrons. The normalized spacial score (nSPS) is 11.1. The number of hydrogen-bond donors (Lipinski definition) is 5. The predicted octanol–water partition coefficient (Wildman–Crippen LogP) is 6.43. The molecule has 0 atom stereocenters. The molecule has 1 aromatic heterocycles. The van der Waals surface area contributed by atoms with Crippen LogP contribution in [0.4, 0.5) is 0 Å². The molecule has 7 nitrogen and oxygen atoms in total. The first-order valence-electron chi connectivity index (χ1n) is 13.2. The first kappa shape index (κ1) is 40.3. The average molecular weight is 551 g/mol. The van der Waals surface area contributed by atoms with Gasteiger partial charge in [-0.3, -0.25) is 4.79 Å². The van der Waals surface area contributed by atoms with Crippen molar-refractivity contribution in [1.29, 1.82) is 0 Å². The molecule has 0 spiro atoms. The zero-order chi connectivity index (χ0) is 31.3. The van der Waals surface area contributed by atoms with Crippen LogP contribution in [0.2, 0.25) is 0 Å². The lowest BCUT2D eigenvalue weighted by Crippen LogP contribution is -2.33. The van der Waals surface area contributed by atoms with Gasteiger partial charge >= 0.3 is 0 Å². The van der Waals surface area contributed by atoms with E-state index in [2.05, 4.69) is 60.5 Å². The Morgan fingerprint density at radius 1 is 1.05 bits per heavy atom. The average Bonchev–Trinajstić information content (AvgIpc) is 3.38. The van der Waals surface area contributed by atoms with Gasteiger partial charge in [-0.2, -0.15) is 0 Å². The molecule has 0 bridgehead atoms. The summed E-state index contributed by atoms with van der Waals surface area (Å²) >= 11 is 0. The zero-order valence-electron chi connectivity index (χ0n) is 26.1. The van der Waals surface area contributed by atoms with Crippen LogP contribution in [-0.4, -0.2) is 43.6 Å². The molecule has 0 unspecified atom stereocenters. The van der Waals surface area contributed by atoms with Crippen molar-refractivity contribution in [2.24, 2.45) is 11.5 Å². The second-order valence-electron chi connectivity index (χ2n) is 7.95. The van der Waals surface area contributed by atoms with E-state index in [0.29, 0.717) is 12.4 Å². The molecule has 7 heteroatoms. The fourth-order valence-electron chi connectivity index (χ4n) is 2.72. The molecule has 0 saturated heterocycles. The van der Waals surface area contributed by atoms with Gasteiger partial charge in [0.2, 0.25) is 0 Å². The van der Waals surface area contributed by atoms with Crippen LogP contribution in [0.15, 0.2) is 116 Å². The molecule has 1 amide bonds. The van der Waals surface area contributed by atoms with Crippen molar-refractivity contribution in [1.82, 2.24) is 20.5 Å². The van der Waals surface area contributed by atoms with Crippen LogP contribution < -0.4 is 22.1 Å². The highest BCUT2D eigenvalue weighted by atomic mass is 16.2. The van der Waals surface area contributed by atoms with Crippen molar-refractivity contribution < 1.29 is 4.79 Å². The lowest BCUT2D eigenvalue weighted by Gasteiger charge is -2.20. The molecule has 2 rings (SSSR count). The van der Waals surface area contributed by atoms with Gasteiger partial charge in [-0.1, -0.05) is 74.2 Å². The van der Waals surface area contributed by atoms with Gasteiger partial charge in [0.1, 0.15) is 5.70 Å². The van der Waals surface area contributed by atoms with Gasteiger partial charge in [0.15, 0.2) is 0 Å². The quantitative estimate of drug-likeness (QED) is 0.113. The van der Waals surface area contributed by atoms with E-state index in [0.717, 1.165) is 17.8 Å². The van der Waals surface area contributed by atoms with Crippen LogP contribution in [0, 0.1) is 6.92 Å². The number of benzene rings is 1. The number of carbonyl (C=O) groups excluding carboxylic acids is 1. The molecular weight excluding hydrogens is 496 g/mol. The molecule has 0 aliphatic carbocycles. The van der Waals surface area contributed by atoms with Crippen LogP contribution in [0.1, 0.15) is 39.7 Å². The summed E-state index contributed by atoms with van der Waals surface area (Å²) in [6.07, 6.45) is 18.3. The maximum Gasteiger partial charge on any atom is 0.268 e. The third-order valence-electron chi connectivity index (χ3n) is 5.17. The summed E-state index contributed by atoms with van der Waals surface area (Å²) in [4.78, 5) is 16.3. The lowest BCUT2D eigenvalue weighted by atomic mass is 10.2. The van der Waals surface area contributed by atoms with Crippen molar-refractivity contribution in [3.63, 3.8) is 0 Å². The number of aromatic nitrogens is 1. The number of para-hydroxylation sites is 1. The Morgan fingerprint density at radius 3 is 2.10 bits per heavy atom. The Kier molecular flexibility index (Phi) is 28.0. The van der Waals surface area contributed by atoms with Gasteiger partial charge in [-0.25, -0.2) is 0 Å². The number of amides is 1. The van der Waals surface area contributed by atoms with Crippen molar-refractivity contribution in [3.8, 4) is 0 Å². The van der Waals surface area contributed by atoms with E-state index < -0.39 is 0 Å². The number of aromatic amines is 1. The van der Waals surface area contributed by atoms with E-state index in [1.54, 1.807) is 25.1 Å². The van der Waals surface area contributed by atoms with Crippen LogP contribution >= 0.6 is 0 Å². The van der Waals surface area contributed by atoms with Crippen molar-refractivity contribution in [3.05, 3.63) is 121 Å². The summed E-state index contributed by atoms with van der Waals surface area (Å²) < 4.78 is 0. The van der Waals surface area contributed by atoms with Crippen LogP contribution in [0.25, 0.3) is 10.9 Å². The van der Waals surface area contributed by atoms with E-state index in [4.69, 9.17) is 11.5 Å². The fourth-order valence-corrected chi connectivity index (χ4v) is 2.72. The summed E-state index contributed by atoms with van der Waals surface area (Å²) in [6, 6.07) is 8.31. The Morgan fingerprint density at radius 2 is 1.65 bits per heavy atom. The summed E-state index contributed by atoms with van der Waals surface area (Å²) in [5.41, 5.74) is 15.7. The number of hydrogen-bond acceptors (Lipinski definition) is 5. The summed E-state index contributed by atoms with van der Waals surface area (Å²) in [5.74, 6) is -0.139.